The number of benzene rings is 1. The van der Waals surface area contributed by atoms with Crippen molar-refractivity contribution >= 4 is 11.9 Å². The number of amides is 1. The molecule has 0 bridgehead atoms. The first-order valence-electron chi connectivity index (χ1n) is 13.3. The Labute approximate surface area is 198 Å². The van der Waals surface area contributed by atoms with Gasteiger partial charge in [-0.05, 0) is 48.8 Å². The van der Waals surface area contributed by atoms with Gasteiger partial charge in [-0.3, -0.25) is 4.79 Å². The third-order valence-corrected chi connectivity index (χ3v) is 8.93. The summed E-state index contributed by atoms with van der Waals surface area (Å²) in [5.74, 6) is 1.86. The number of fused-ring (bicyclic) bond motifs is 1. The molecule has 5 rings (SSSR count). The zero-order valence-corrected chi connectivity index (χ0v) is 20.1. The van der Waals surface area contributed by atoms with Gasteiger partial charge < -0.3 is 14.4 Å². The molecule has 33 heavy (non-hydrogen) atoms. The molecule has 2 aliphatic heterocycles. The van der Waals surface area contributed by atoms with Crippen molar-refractivity contribution in [2.24, 2.45) is 17.8 Å². The van der Waals surface area contributed by atoms with Crippen LogP contribution >= 0.6 is 0 Å². The van der Waals surface area contributed by atoms with Gasteiger partial charge in [0, 0.05) is 6.54 Å². The van der Waals surface area contributed by atoms with Crippen LogP contribution in [-0.4, -0.2) is 35.5 Å². The number of carbonyl (C=O) groups is 2. The first kappa shape index (κ1) is 22.7. The van der Waals surface area contributed by atoms with Crippen LogP contribution < -0.4 is 4.74 Å². The minimum atomic E-state index is -0.602. The molecular formula is C28H39NO4. The smallest absolute Gasteiger partial charge is 0.333 e. The van der Waals surface area contributed by atoms with E-state index in [2.05, 4.69) is 0 Å². The highest BCUT2D eigenvalue weighted by Gasteiger charge is 2.71. The van der Waals surface area contributed by atoms with E-state index in [1.807, 2.05) is 29.2 Å². The highest BCUT2D eigenvalue weighted by atomic mass is 16.6. The number of rotatable bonds is 8. The Morgan fingerprint density at radius 2 is 1.58 bits per heavy atom. The Morgan fingerprint density at radius 3 is 2.18 bits per heavy atom. The summed E-state index contributed by atoms with van der Waals surface area (Å²) in [4.78, 5) is 28.5. The van der Waals surface area contributed by atoms with E-state index in [4.69, 9.17) is 9.47 Å². The maximum atomic E-state index is 13.8. The Morgan fingerprint density at radius 1 is 0.939 bits per heavy atom. The van der Waals surface area contributed by atoms with Crippen LogP contribution in [0.4, 0.5) is 0 Å². The van der Waals surface area contributed by atoms with Crippen molar-refractivity contribution in [1.82, 2.24) is 4.90 Å². The van der Waals surface area contributed by atoms with Crippen LogP contribution in [0.3, 0.4) is 0 Å². The topological polar surface area (TPSA) is 55.8 Å². The summed E-state index contributed by atoms with van der Waals surface area (Å²) >= 11 is 0. The van der Waals surface area contributed by atoms with Crippen molar-refractivity contribution < 1.29 is 19.1 Å². The molecule has 0 N–H and O–H groups in total. The van der Waals surface area contributed by atoms with Gasteiger partial charge in [-0.1, -0.05) is 76.3 Å². The summed E-state index contributed by atoms with van der Waals surface area (Å²) in [6, 6.07) is 7.42. The molecule has 2 saturated heterocycles. The van der Waals surface area contributed by atoms with Gasteiger partial charge in [0.25, 0.3) is 0 Å². The van der Waals surface area contributed by atoms with E-state index in [0.29, 0.717) is 18.4 Å². The van der Waals surface area contributed by atoms with Crippen LogP contribution in [0.15, 0.2) is 24.3 Å². The molecule has 1 aromatic rings. The Kier molecular flexibility index (Phi) is 6.67. The minimum Gasteiger partial charge on any atom is -0.497 e. The molecule has 1 amide bonds. The lowest BCUT2D eigenvalue weighted by Crippen LogP contribution is -2.65. The number of methoxy groups -OCH3 is 1. The van der Waals surface area contributed by atoms with Gasteiger partial charge in [-0.15, -0.1) is 0 Å². The van der Waals surface area contributed by atoms with Crippen molar-refractivity contribution in [3.05, 3.63) is 29.8 Å². The quantitative estimate of drug-likeness (QED) is 0.477. The molecular weight excluding hydrogens is 414 g/mol. The second-order valence-corrected chi connectivity index (χ2v) is 10.9. The molecule has 1 unspecified atom stereocenters. The zero-order valence-electron chi connectivity index (χ0n) is 20.1. The molecule has 2 aliphatic carbocycles. The van der Waals surface area contributed by atoms with Gasteiger partial charge in [0.2, 0.25) is 5.91 Å². The summed E-state index contributed by atoms with van der Waals surface area (Å²) in [6.45, 7) is 0.467. The van der Waals surface area contributed by atoms with E-state index >= 15 is 0 Å². The lowest BCUT2D eigenvalue weighted by atomic mass is 9.70. The molecule has 2 heterocycles. The van der Waals surface area contributed by atoms with Crippen molar-refractivity contribution in [3.8, 4) is 5.75 Å². The number of ether oxygens (including phenoxy) is 2. The van der Waals surface area contributed by atoms with Gasteiger partial charge in [-0.2, -0.15) is 0 Å². The lowest BCUT2D eigenvalue weighted by molar-refractivity contribution is -0.214. The highest BCUT2D eigenvalue weighted by molar-refractivity contribution is 5.97. The average Bonchev–Trinajstić information content (AvgIpc) is 3.02. The number of hydrogen-bond acceptors (Lipinski definition) is 4. The average molecular weight is 454 g/mol. The summed E-state index contributed by atoms with van der Waals surface area (Å²) in [5.41, 5.74) is 0.429. The van der Waals surface area contributed by atoms with E-state index in [0.717, 1.165) is 30.6 Å². The maximum absolute atomic E-state index is 13.8. The second-order valence-electron chi connectivity index (χ2n) is 10.9. The normalized spacial score (nSPS) is 30.6. The first-order valence-corrected chi connectivity index (χ1v) is 13.3. The SMILES string of the molecule is COc1ccc(CN2C(=O)[C@H](CC3CCCCC3)[C@@]3(CCC4CCCCC4)OC(=O)C23)cc1. The molecule has 5 heteroatoms. The number of hydrogen-bond donors (Lipinski definition) is 0. The second kappa shape index (κ2) is 9.68. The molecule has 0 spiro atoms. The molecule has 0 radical (unpaired) electrons. The van der Waals surface area contributed by atoms with Gasteiger partial charge in [0.05, 0.1) is 13.0 Å². The van der Waals surface area contributed by atoms with Crippen molar-refractivity contribution in [2.45, 2.75) is 102 Å². The predicted molar refractivity (Wildman–Crippen MR) is 127 cm³/mol. The zero-order chi connectivity index (χ0) is 22.8. The van der Waals surface area contributed by atoms with E-state index < -0.39 is 11.6 Å². The fourth-order valence-electron chi connectivity index (χ4n) is 7.05. The Hall–Kier alpha value is -2.04. The van der Waals surface area contributed by atoms with Crippen LogP contribution in [0, 0.1) is 17.8 Å². The van der Waals surface area contributed by atoms with Crippen molar-refractivity contribution in [1.29, 1.82) is 0 Å². The van der Waals surface area contributed by atoms with E-state index in [-0.39, 0.29) is 17.8 Å². The predicted octanol–water partition coefficient (Wildman–Crippen LogP) is 5.65. The van der Waals surface area contributed by atoms with Crippen LogP contribution in [0.25, 0.3) is 0 Å². The van der Waals surface area contributed by atoms with Crippen molar-refractivity contribution in [2.75, 3.05) is 7.11 Å². The summed E-state index contributed by atoms with van der Waals surface area (Å²) in [7, 11) is 1.65. The standard InChI is InChI=1S/C28H39NO4/c1-32-23-14-12-22(13-15-23)19-29-25-27(31)33-28(25,17-16-20-8-4-2-5-9-20)24(26(29)30)18-21-10-6-3-7-11-21/h12-15,20-21,24-25H,2-11,16-19H2,1H3/t24-,25?,28+/m0/s1. The number of nitrogens with zero attached hydrogens (tertiary/aromatic N) is 1. The van der Waals surface area contributed by atoms with Crippen LogP contribution in [0.2, 0.25) is 0 Å². The molecule has 3 atom stereocenters. The number of esters is 1. The molecule has 180 valence electrons. The molecule has 4 fully saturated rings. The van der Waals surface area contributed by atoms with Crippen LogP contribution in [0.5, 0.6) is 5.75 Å². The molecule has 2 saturated carbocycles. The molecule has 0 aromatic heterocycles. The minimum absolute atomic E-state index is 0.135. The molecule has 4 aliphatic rings. The number of carbonyl (C=O) groups excluding carboxylic acids is 2. The van der Waals surface area contributed by atoms with Crippen molar-refractivity contribution in [3.63, 3.8) is 0 Å². The van der Waals surface area contributed by atoms with Gasteiger partial charge in [-0.25, -0.2) is 4.79 Å². The number of likely N-dealkylation sites (tertiary alicyclic amines) is 1. The fraction of sp³-hybridized carbons (Fsp3) is 0.714. The highest BCUT2D eigenvalue weighted by Crippen LogP contribution is 2.53. The largest absolute Gasteiger partial charge is 0.497 e. The van der Waals surface area contributed by atoms with Gasteiger partial charge >= 0.3 is 5.97 Å². The molecule has 5 nitrogen and oxygen atoms in total. The monoisotopic (exact) mass is 453 g/mol. The van der Waals surface area contributed by atoms with Gasteiger partial charge in [0.1, 0.15) is 5.75 Å². The first-order chi connectivity index (χ1) is 16.1. The summed E-state index contributed by atoms with van der Waals surface area (Å²) in [6.07, 6.45) is 15.6. The van der Waals surface area contributed by atoms with Crippen LogP contribution in [-0.2, 0) is 20.9 Å². The van der Waals surface area contributed by atoms with E-state index in [9.17, 15) is 9.59 Å². The van der Waals surface area contributed by atoms with E-state index in [1.54, 1.807) is 7.11 Å². The molecule has 1 aromatic carbocycles. The maximum Gasteiger partial charge on any atom is 0.333 e. The van der Waals surface area contributed by atoms with Crippen LogP contribution in [0.1, 0.15) is 89.0 Å². The summed E-state index contributed by atoms with van der Waals surface area (Å²) < 4.78 is 11.3. The Balaban J connectivity index is 1.37. The third-order valence-electron chi connectivity index (χ3n) is 8.93. The van der Waals surface area contributed by atoms with E-state index in [1.165, 1.54) is 64.2 Å². The summed E-state index contributed by atoms with van der Waals surface area (Å²) in [5, 5.41) is 0. The Bertz CT molecular complexity index is 840. The fourth-order valence-corrected chi connectivity index (χ4v) is 7.05. The van der Waals surface area contributed by atoms with Gasteiger partial charge in [0.15, 0.2) is 11.6 Å². The lowest BCUT2D eigenvalue weighted by Gasteiger charge is -2.48. The third kappa shape index (κ3) is 4.40.